The van der Waals surface area contributed by atoms with Gasteiger partial charge in [-0.2, -0.15) is 0 Å². The van der Waals surface area contributed by atoms with E-state index in [1.165, 1.54) is 6.92 Å². The van der Waals surface area contributed by atoms with E-state index in [9.17, 15) is 19.2 Å². The summed E-state index contributed by atoms with van der Waals surface area (Å²) in [5.74, 6) is -0.723. The first-order valence-electron chi connectivity index (χ1n) is 12.0. The highest BCUT2D eigenvalue weighted by molar-refractivity contribution is 6.21. The number of benzene rings is 1. The smallest absolute Gasteiger partial charge is 0.408 e. The molecule has 0 saturated heterocycles. The van der Waals surface area contributed by atoms with E-state index in [0.29, 0.717) is 36.3 Å². The predicted molar refractivity (Wildman–Crippen MR) is 127 cm³/mol. The molecule has 0 unspecified atom stereocenters. The van der Waals surface area contributed by atoms with E-state index < -0.39 is 41.5 Å². The molecule has 4 rings (SSSR count). The van der Waals surface area contributed by atoms with Crippen LogP contribution in [0.25, 0.3) is 0 Å². The van der Waals surface area contributed by atoms with Crippen LogP contribution in [-0.4, -0.2) is 54.6 Å². The van der Waals surface area contributed by atoms with Gasteiger partial charge in [-0.15, -0.1) is 0 Å². The number of fused-ring (bicyclic) bond motifs is 1. The molecule has 184 valence electrons. The highest BCUT2D eigenvalue weighted by Crippen LogP contribution is 2.40. The number of alkyl carbamates (subject to hydrolysis) is 1. The van der Waals surface area contributed by atoms with Crippen molar-refractivity contribution in [1.29, 1.82) is 0 Å². The summed E-state index contributed by atoms with van der Waals surface area (Å²) in [6, 6.07) is 5.09. The van der Waals surface area contributed by atoms with Crippen LogP contribution in [0.2, 0.25) is 0 Å². The molecule has 1 heterocycles. The second-order valence-electron chi connectivity index (χ2n) is 10.6. The maximum absolute atomic E-state index is 13.6. The summed E-state index contributed by atoms with van der Waals surface area (Å²) in [4.78, 5) is 55.6. The summed E-state index contributed by atoms with van der Waals surface area (Å²) in [6.45, 7) is 7.68. The predicted octanol–water partition coefficient (Wildman–Crippen LogP) is 2.58. The van der Waals surface area contributed by atoms with E-state index in [1.54, 1.807) is 30.6 Å². The number of ether oxygens (including phenoxy) is 1. The topological polar surface area (TPSA) is 108 Å². The van der Waals surface area contributed by atoms with E-state index in [4.69, 9.17) is 4.74 Å². The van der Waals surface area contributed by atoms with Crippen molar-refractivity contribution in [2.75, 3.05) is 22.9 Å². The Morgan fingerprint density at radius 1 is 0.971 bits per heavy atom. The Hall–Kier alpha value is -3.10. The summed E-state index contributed by atoms with van der Waals surface area (Å²) < 4.78 is 5.21. The van der Waals surface area contributed by atoms with Gasteiger partial charge in [-0.3, -0.25) is 14.4 Å². The van der Waals surface area contributed by atoms with Crippen molar-refractivity contribution in [3.8, 4) is 0 Å². The van der Waals surface area contributed by atoms with Gasteiger partial charge in [-0.1, -0.05) is 12.1 Å². The summed E-state index contributed by atoms with van der Waals surface area (Å²) in [6.07, 6.45) is 3.42. The van der Waals surface area contributed by atoms with Gasteiger partial charge in [0.1, 0.15) is 11.6 Å². The monoisotopic (exact) mass is 470 g/mol. The Morgan fingerprint density at radius 3 is 1.85 bits per heavy atom. The number of rotatable bonds is 7. The maximum Gasteiger partial charge on any atom is 0.408 e. The standard InChI is InChI=1S/C25H34N4O5/c1-15(26-24(33)34-25(2,3)4)21(30)27-20-22(31)28(13-16-9-10-16)18-7-5-6-8-19(18)29(23(20)32)14-17-11-12-17/h5-8,15-17,20H,9-14H2,1-4H3,(H,26,33)(H,27,30)/t15-/m0/s1. The summed E-state index contributed by atoms with van der Waals surface area (Å²) >= 11 is 0. The van der Waals surface area contributed by atoms with Gasteiger partial charge in [0, 0.05) is 13.1 Å². The quantitative estimate of drug-likeness (QED) is 0.596. The van der Waals surface area contributed by atoms with Crippen LogP contribution in [0.5, 0.6) is 0 Å². The lowest BCUT2D eigenvalue weighted by Gasteiger charge is -2.26. The summed E-state index contributed by atoms with van der Waals surface area (Å²) in [5, 5.41) is 5.09. The van der Waals surface area contributed by atoms with E-state index in [1.807, 2.05) is 24.3 Å². The van der Waals surface area contributed by atoms with Gasteiger partial charge in [0.05, 0.1) is 11.4 Å². The third-order valence-electron chi connectivity index (χ3n) is 6.18. The van der Waals surface area contributed by atoms with Crippen molar-refractivity contribution in [3.05, 3.63) is 24.3 Å². The molecule has 1 aromatic rings. The Labute approximate surface area is 200 Å². The lowest BCUT2D eigenvalue weighted by molar-refractivity contribution is -0.134. The first-order valence-corrected chi connectivity index (χ1v) is 12.0. The molecule has 3 aliphatic rings. The van der Waals surface area contributed by atoms with Gasteiger partial charge >= 0.3 is 6.09 Å². The largest absolute Gasteiger partial charge is 0.444 e. The molecule has 2 fully saturated rings. The molecular weight excluding hydrogens is 436 g/mol. The minimum atomic E-state index is -1.36. The molecule has 2 N–H and O–H groups in total. The lowest BCUT2D eigenvalue weighted by atomic mass is 10.2. The van der Waals surface area contributed by atoms with Gasteiger partial charge in [-0.25, -0.2) is 4.79 Å². The Morgan fingerprint density at radius 2 is 1.44 bits per heavy atom. The molecule has 34 heavy (non-hydrogen) atoms. The fourth-order valence-electron chi connectivity index (χ4n) is 4.01. The zero-order chi connectivity index (χ0) is 24.6. The van der Waals surface area contributed by atoms with E-state index in [-0.39, 0.29) is 0 Å². The van der Waals surface area contributed by atoms with Crippen LogP contribution in [0.3, 0.4) is 0 Å². The van der Waals surface area contributed by atoms with Crippen molar-refractivity contribution in [2.45, 2.75) is 71.1 Å². The number of hydrogen-bond acceptors (Lipinski definition) is 5. The maximum atomic E-state index is 13.6. The number of carbonyl (C=O) groups is 4. The molecule has 0 bridgehead atoms. The summed E-state index contributed by atoms with van der Waals surface area (Å²) in [5.41, 5.74) is 0.682. The van der Waals surface area contributed by atoms with Crippen LogP contribution in [0, 0.1) is 11.8 Å². The lowest BCUT2D eigenvalue weighted by Crippen LogP contribution is -2.59. The first-order chi connectivity index (χ1) is 16.0. The van der Waals surface area contributed by atoms with Crippen molar-refractivity contribution in [3.63, 3.8) is 0 Å². The van der Waals surface area contributed by atoms with Crippen LogP contribution in [0.15, 0.2) is 24.3 Å². The fraction of sp³-hybridized carbons (Fsp3) is 0.600. The summed E-state index contributed by atoms with van der Waals surface area (Å²) in [7, 11) is 0. The molecule has 4 amide bonds. The number of amides is 4. The second kappa shape index (κ2) is 9.27. The van der Waals surface area contributed by atoms with Crippen LogP contribution < -0.4 is 20.4 Å². The molecule has 1 atom stereocenters. The third kappa shape index (κ3) is 5.69. The van der Waals surface area contributed by atoms with Gasteiger partial charge in [-0.05, 0) is 77.3 Å². The highest BCUT2D eigenvalue weighted by Gasteiger charge is 2.44. The van der Waals surface area contributed by atoms with Crippen molar-refractivity contribution in [1.82, 2.24) is 10.6 Å². The van der Waals surface area contributed by atoms with Crippen LogP contribution >= 0.6 is 0 Å². The van der Waals surface area contributed by atoms with Crippen molar-refractivity contribution < 1.29 is 23.9 Å². The van der Waals surface area contributed by atoms with E-state index in [2.05, 4.69) is 10.6 Å². The van der Waals surface area contributed by atoms with E-state index in [0.717, 1.165) is 25.7 Å². The molecule has 2 aliphatic carbocycles. The average Bonchev–Trinajstić information content (AvgIpc) is 3.67. The van der Waals surface area contributed by atoms with Gasteiger partial charge < -0.3 is 25.2 Å². The Kier molecular flexibility index (Phi) is 6.55. The molecular formula is C25H34N4O5. The molecule has 9 nitrogen and oxygen atoms in total. The molecule has 0 aromatic heterocycles. The van der Waals surface area contributed by atoms with Gasteiger partial charge in [0.25, 0.3) is 11.8 Å². The molecule has 1 aliphatic heterocycles. The number of para-hydroxylation sites is 2. The second-order valence-corrected chi connectivity index (χ2v) is 10.6. The zero-order valence-electron chi connectivity index (χ0n) is 20.3. The Bertz CT molecular complexity index is 927. The highest BCUT2D eigenvalue weighted by atomic mass is 16.6. The SMILES string of the molecule is C[C@H](NC(=O)OC(C)(C)C)C(=O)NC1C(=O)N(CC2CC2)c2ccccc2N(CC2CC2)C1=O. The van der Waals surface area contributed by atoms with Crippen molar-refractivity contribution >= 4 is 35.2 Å². The number of anilines is 2. The normalized spacial score (nSPS) is 19.9. The molecule has 0 radical (unpaired) electrons. The zero-order valence-corrected chi connectivity index (χ0v) is 20.3. The van der Waals surface area contributed by atoms with Crippen LogP contribution in [0.1, 0.15) is 53.4 Å². The minimum Gasteiger partial charge on any atom is -0.444 e. The molecule has 9 heteroatoms. The van der Waals surface area contributed by atoms with Crippen molar-refractivity contribution in [2.24, 2.45) is 11.8 Å². The van der Waals surface area contributed by atoms with Gasteiger partial charge in [0.15, 0.2) is 6.04 Å². The number of nitrogens with one attached hydrogen (secondary N) is 2. The minimum absolute atomic E-state index is 0.395. The molecule has 2 saturated carbocycles. The molecule has 0 spiro atoms. The Balaban J connectivity index is 1.57. The molecule has 1 aromatic carbocycles. The number of nitrogens with zero attached hydrogens (tertiary/aromatic N) is 2. The first kappa shape index (κ1) is 24.0. The average molecular weight is 471 g/mol. The van der Waals surface area contributed by atoms with Crippen LogP contribution in [-0.2, 0) is 19.1 Å². The van der Waals surface area contributed by atoms with E-state index >= 15 is 0 Å². The number of carbonyl (C=O) groups excluding carboxylic acids is 4. The third-order valence-corrected chi connectivity index (χ3v) is 6.18. The number of hydrogen-bond donors (Lipinski definition) is 2. The van der Waals surface area contributed by atoms with Crippen LogP contribution in [0.4, 0.5) is 16.2 Å². The van der Waals surface area contributed by atoms with Gasteiger partial charge in [0.2, 0.25) is 5.91 Å². The fourth-order valence-corrected chi connectivity index (χ4v) is 4.01.